The van der Waals surface area contributed by atoms with Crippen LogP contribution in [0.2, 0.25) is 0 Å². The molecule has 14 heavy (non-hydrogen) atoms. The zero-order valence-electron chi connectivity index (χ0n) is 7.20. The number of halogens is 2. The molecule has 0 aromatic heterocycles. The monoisotopic (exact) mass is 204 g/mol. The molecule has 76 valence electrons. The number of benzene rings is 1. The van der Waals surface area contributed by atoms with Crippen molar-refractivity contribution in [1.29, 1.82) is 0 Å². The van der Waals surface area contributed by atoms with Gasteiger partial charge >= 0.3 is 7.32 Å². The minimum Gasteiger partial charge on any atom is -0.509 e. The maximum absolute atomic E-state index is 13.0. The highest BCUT2D eigenvalue weighted by Crippen LogP contribution is 2.27. The normalized spacial score (nSPS) is 9.79. The first-order valence-electron chi connectivity index (χ1n) is 3.61. The van der Waals surface area contributed by atoms with Crippen molar-refractivity contribution in [1.82, 2.24) is 0 Å². The van der Waals surface area contributed by atoms with Crippen LogP contribution < -0.4 is 9.39 Å². The fourth-order valence-electron chi connectivity index (χ4n) is 0.876. The van der Waals surface area contributed by atoms with Crippen LogP contribution in [0.1, 0.15) is 0 Å². The Hall–Kier alpha value is -1.34. The summed E-state index contributed by atoms with van der Waals surface area (Å²) in [4.78, 5) is 0. The van der Waals surface area contributed by atoms with E-state index in [0.29, 0.717) is 0 Å². The van der Waals surface area contributed by atoms with Crippen LogP contribution in [-0.4, -0.2) is 24.5 Å². The van der Waals surface area contributed by atoms with Gasteiger partial charge < -0.3 is 19.4 Å². The van der Waals surface area contributed by atoms with E-state index in [9.17, 15) is 8.78 Å². The lowest BCUT2D eigenvalue weighted by Gasteiger charge is -2.08. The molecule has 0 heterocycles. The van der Waals surface area contributed by atoms with Gasteiger partial charge in [0.1, 0.15) is 5.75 Å². The molecule has 2 N–H and O–H groups in total. The molecule has 0 aliphatic rings. The Kier molecular flexibility index (Phi) is 3.26. The molecule has 7 heteroatoms. The molecule has 4 nitrogen and oxygen atoms in total. The van der Waals surface area contributed by atoms with E-state index < -0.39 is 24.7 Å². The van der Waals surface area contributed by atoms with Crippen molar-refractivity contribution in [2.24, 2.45) is 0 Å². The van der Waals surface area contributed by atoms with E-state index in [1.807, 2.05) is 0 Å². The summed E-state index contributed by atoms with van der Waals surface area (Å²) in [6.45, 7) is 0. The van der Waals surface area contributed by atoms with Gasteiger partial charge in [0, 0.05) is 0 Å². The standard InChI is InChI=1S/C7H7BF2O4/c1-13-4-2-3-5(14-8(11)12)7(10)6(4)9/h2-3,11-12H,1H3. The summed E-state index contributed by atoms with van der Waals surface area (Å²) in [6, 6.07) is 2.13. The zero-order valence-corrected chi connectivity index (χ0v) is 7.20. The molecule has 0 bridgehead atoms. The van der Waals surface area contributed by atoms with Gasteiger partial charge in [0.05, 0.1) is 7.11 Å². The molecular weight excluding hydrogens is 197 g/mol. The second-order valence-corrected chi connectivity index (χ2v) is 2.34. The Morgan fingerprint density at radius 2 is 1.64 bits per heavy atom. The zero-order chi connectivity index (χ0) is 10.7. The number of hydrogen-bond acceptors (Lipinski definition) is 4. The maximum Gasteiger partial charge on any atom is 0.707 e. The lowest BCUT2D eigenvalue weighted by Crippen LogP contribution is -2.21. The average molecular weight is 204 g/mol. The number of hydrogen-bond donors (Lipinski definition) is 2. The summed E-state index contributed by atoms with van der Waals surface area (Å²) < 4.78 is 34.6. The largest absolute Gasteiger partial charge is 0.707 e. The van der Waals surface area contributed by atoms with Crippen LogP contribution in [0, 0.1) is 11.6 Å². The molecule has 0 amide bonds. The fraction of sp³-hybridized carbons (Fsp3) is 0.143. The summed E-state index contributed by atoms with van der Waals surface area (Å²) in [5, 5.41) is 16.7. The third-order valence-corrected chi connectivity index (χ3v) is 1.46. The summed E-state index contributed by atoms with van der Waals surface area (Å²) in [6.07, 6.45) is 0. The van der Waals surface area contributed by atoms with E-state index >= 15 is 0 Å². The smallest absolute Gasteiger partial charge is 0.509 e. The summed E-state index contributed by atoms with van der Waals surface area (Å²) >= 11 is 0. The molecule has 1 aromatic rings. The predicted molar refractivity (Wildman–Crippen MR) is 43.7 cm³/mol. The molecule has 0 saturated carbocycles. The molecule has 0 aliphatic carbocycles. The van der Waals surface area contributed by atoms with E-state index in [1.54, 1.807) is 0 Å². The van der Waals surface area contributed by atoms with Gasteiger partial charge in [-0.15, -0.1) is 0 Å². The second-order valence-electron chi connectivity index (χ2n) is 2.34. The highest BCUT2D eigenvalue weighted by molar-refractivity contribution is 6.33. The van der Waals surface area contributed by atoms with Crippen LogP contribution in [0.5, 0.6) is 11.5 Å². The first-order valence-corrected chi connectivity index (χ1v) is 3.61. The van der Waals surface area contributed by atoms with Gasteiger partial charge in [0.15, 0.2) is 5.75 Å². The van der Waals surface area contributed by atoms with E-state index in [-0.39, 0.29) is 5.75 Å². The number of methoxy groups -OCH3 is 1. The van der Waals surface area contributed by atoms with Crippen molar-refractivity contribution in [3.63, 3.8) is 0 Å². The summed E-state index contributed by atoms with van der Waals surface area (Å²) in [5.41, 5.74) is 0. The minimum atomic E-state index is -2.20. The van der Waals surface area contributed by atoms with Crippen LogP contribution in [0.4, 0.5) is 8.78 Å². The SMILES string of the molecule is COc1ccc(OB(O)O)c(F)c1F. The third-order valence-electron chi connectivity index (χ3n) is 1.46. The molecule has 0 unspecified atom stereocenters. The Bertz CT molecular complexity index is 332. The lowest BCUT2D eigenvalue weighted by molar-refractivity contribution is 0.277. The van der Waals surface area contributed by atoms with Crippen molar-refractivity contribution in [2.75, 3.05) is 7.11 Å². The van der Waals surface area contributed by atoms with E-state index in [0.717, 1.165) is 12.1 Å². The Morgan fingerprint density at radius 3 is 2.14 bits per heavy atom. The average Bonchev–Trinajstić information content (AvgIpc) is 2.13. The first-order chi connectivity index (χ1) is 6.56. The van der Waals surface area contributed by atoms with Gasteiger partial charge in [-0.2, -0.15) is 8.78 Å². The van der Waals surface area contributed by atoms with Crippen molar-refractivity contribution in [2.45, 2.75) is 0 Å². The molecule has 0 radical (unpaired) electrons. The molecule has 0 atom stereocenters. The quantitative estimate of drug-likeness (QED) is 0.696. The molecular formula is C7H7BF2O4. The van der Waals surface area contributed by atoms with Gasteiger partial charge in [-0.1, -0.05) is 0 Å². The van der Waals surface area contributed by atoms with Crippen molar-refractivity contribution in [3.8, 4) is 11.5 Å². The Morgan fingerprint density at radius 1 is 1.14 bits per heavy atom. The highest BCUT2D eigenvalue weighted by atomic mass is 19.2. The van der Waals surface area contributed by atoms with Gasteiger partial charge in [-0.3, -0.25) is 0 Å². The number of rotatable bonds is 3. The maximum atomic E-state index is 13.0. The summed E-state index contributed by atoms with van der Waals surface area (Å²) in [5.74, 6) is -3.47. The number of ether oxygens (including phenoxy) is 1. The van der Waals surface area contributed by atoms with Crippen LogP contribution >= 0.6 is 0 Å². The van der Waals surface area contributed by atoms with Gasteiger partial charge in [-0.05, 0) is 12.1 Å². The van der Waals surface area contributed by atoms with Crippen LogP contribution in [0.15, 0.2) is 12.1 Å². The van der Waals surface area contributed by atoms with Crippen molar-refractivity contribution in [3.05, 3.63) is 23.8 Å². The Balaban J connectivity index is 3.04. The predicted octanol–water partition coefficient (Wildman–Crippen LogP) is 0.322. The van der Waals surface area contributed by atoms with Crippen molar-refractivity contribution >= 4 is 7.32 Å². The third kappa shape index (κ3) is 2.12. The van der Waals surface area contributed by atoms with Crippen LogP contribution in [-0.2, 0) is 0 Å². The van der Waals surface area contributed by atoms with Crippen LogP contribution in [0.3, 0.4) is 0 Å². The molecule has 0 aliphatic heterocycles. The highest BCUT2D eigenvalue weighted by Gasteiger charge is 2.19. The first kappa shape index (κ1) is 10.7. The Labute approximate surface area is 78.9 Å². The lowest BCUT2D eigenvalue weighted by atomic mass is 10.2. The second kappa shape index (κ2) is 4.25. The molecule has 1 aromatic carbocycles. The van der Waals surface area contributed by atoms with E-state index in [2.05, 4.69) is 9.39 Å². The molecule has 1 rings (SSSR count). The van der Waals surface area contributed by atoms with Gasteiger partial charge in [-0.25, -0.2) is 0 Å². The topological polar surface area (TPSA) is 58.9 Å². The van der Waals surface area contributed by atoms with E-state index in [1.165, 1.54) is 7.11 Å². The molecule has 0 spiro atoms. The summed E-state index contributed by atoms with van der Waals surface area (Å²) in [7, 11) is -1.02. The van der Waals surface area contributed by atoms with Crippen molar-refractivity contribution < 1.29 is 28.2 Å². The van der Waals surface area contributed by atoms with Gasteiger partial charge in [0.2, 0.25) is 11.6 Å². The fourth-order valence-corrected chi connectivity index (χ4v) is 0.876. The van der Waals surface area contributed by atoms with Gasteiger partial charge in [0.25, 0.3) is 0 Å². The molecule has 0 saturated heterocycles. The van der Waals surface area contributed by atoms with Crippen LogP contribution in [0.25, 0.3) is 0 Å². The van der Waals surface area contributed by atoms with E-state index in [4.69, 9.17) is 10.0 Å². The molecule has 0 fully saturated rings. The minimum absolute atomic E-state index is 0.290.